The van der Waals surface area contributed by atoms with Crippen molar-refractivity contribution in [1.82, 2.24) is 10.3 Å². The molecule has 1 heterocycles. The highest BCUT2D eigenvalue weighted by molar-refractivity contribution is 6.32. The molecule has 0 saturated heterocycles. The fourth-order valence-electron chi connectivity index (χ4n) is 4.94. The first-order valence-electron chi connectivity index (χ1n) is 13.5. The third-order valence-electron chi connectivity index (χ3n) is 7.23. The van der Waals surface area contributed by atoms with Gasteiger partial charge in [-0.25, -0.2) is 4.39 Å². The SMILES string of the molecule is CC(C)(CO)NCc1cc(Cl)c(O[C@@H]2CCc3c(-c4ccccc4F)cccc32)cc1OCc1cncc(C#N)c1. The minimum Gasteiger partial charge on any atom is -0.488 e. The summed E-state index contributed by atoms with van der Waals surface area (Å²) in [7, 11) is 0. The van der Waals surface area contributed by atoms with Gasteiger partial charge in [0.05, 0.1) is 17.2 Å². The van der Waals surface area contributed by atoms with Gasteiger partial charge in [0.1, 0.15) is 36.1 Å². The van der Waals surface area contributed by atoms with Crippen LogP contribution in [0.2, 0.25) is 5.02 Å². The Morgan fingerprint density at radius 1 is 1.10 bits per heavy atom. The van der Waals surface area contributed by atoms with Crippen LogP contribution < -0.4 is 14.8 Å². The normalized spacial score (nSPS) is 14.4. The zero-order valence-electron chi connectivity index (χ0n) is 23.0. The van der Waals surface area contributed by atoms with E-state index in [2.05, 4.69) is 16.4 Å². The summed E-state index contributed by atoms with van der Waals surface area (Å²) in [6.45, 7) is 4.36. The van der Waals surface area contributed by atoms with Crippen molar-refractivity contribution in [1.29, 1.82) is 5.26 Å². The minimum atomic E-state index is -0.506. The lowest BCUT2D eigenvalue weighted by Crippen LogP contribution is -2.42. The van der Waals surface area contributed by atoms with Gasteiger partial charge in [-0.05, 0) is 61.6 Å². The van der Waals surface area contributed by atoms with Crippen molar-refractivity contribution >= 4 is 11.6 Å². The summed E-state index contributed by atoms with van der Waals surface area (Å²) in [5.41, 5.74) is 5.04. The van der Waals surface area contributed by atoms with Crippen molar-refractivity contribution < 1.29 is 19.0 Å². The Kier molecular flexibility index (Phi) is 8.55. The highest BCUT2D eigenvalue weighted by atomic mass is 35.5. The summed E-state index contributed by atoms with van der Waals surface area (Å²) in [5.74, 6) is 0.787. The summed E-state index contributed by atoms with van der Waals surface area (Å²) in [5, 5.41) is 22.7. The Bertz CT molecular complexity index is 1600. The molecule has 2 N–H and O–H groups in total. The van der Waals surface area contributed by atoms with Gasteiger partial charge in [0.15, 0.2) is 0 Å². The Labute approximate surface area is 244 Å². The molecule has 0 fully saturated rings. The Hall–Kier alpha value is -3.96. The lowest BCUT2D eigenvalue weighted by atomic mass is 9.96. The molecule has 41 heavy (non-hydrogen) atoms. The van der Waals surface area contributed by atoms with Crippen molar-refractivity contribution in [2.45, 2.75) is 51.5 Å². The smallest absolute Gasteiger partial charge is 0.142 e. The number of aliphatic hydroxyl groups is 1. The molecule has 5 rings (SSSR count). The summed E-state index contributed by atoms with van der Waals surface area (Å²) in [6.07, 6.45) is 4.39. The quantitative estimate of drug-likeness (QED) is 0.215. The van der Waals surface area contributed by atoms with Gasteiger partial charge >= 0.3 is 0 Å². The summed E-state index contributed by atoms with van der Waals surface area (Å²) in [6, 6.07) is 20.1. The molecule has 6 nitrogen and oxygen atoms in total. The number of pyridine rings is 1. The van der Waals surface area contributed by atoms with Gasteiger partial charge in [0.2, 0.25) is 0 Å². The van der Waals surface area contributed by atoms with Gasteiger partial charge in [-0.3, -0.25) is 4.98 Å². The van der Waals surface area contributed by atoms with Gasteiger partial charge in [0.25, 0.3) is 0 Å². The number of aromatic nitrogens is 1. The van der Waals surface area contributed by atoms with Crippen LogP contribution >= 0.6 is 11.6 Å². The van der Waals surface area contributed by atoms with Crippen molar-refractivity contribution in [3.05, 3.63) is 112 Å². The van der Waals surface area contributed by atoms with E-state index in [1.54, 1.807) is 30.5 Å². The molecule has 0 bridgehead atoms. The van der Waals surface area contributed by atoms with Crippen LogP contribution in [0.1, 0.15) is 54.2 Å². The molecule has 8 heteroatoms. The van der Waals surface area contributed by atoms with Crippen LogP contribution in [-0.2, 0) is 19.6 Å². The second-order valence-electron chi connectivity index (χ2n) is 10.8. The molecule has 0 spiro atoms. The molecular formula is C33H31ClFN3O3. The maximum Gasteiger partial charge on any atom is 0.142 e. The zero-order chi connectivity index (χ0) is 29.0. The number of fused-ring (bicyclic) bond motifs is 1. The summed E-state index contributed by atoms with van der Waals surface area (Å²) < 4.78 is 27.3. The van der Waals surface area contributed by atoms with Gasteiger partial charge in [-0.15, -0.1) is 0 Å². The van der Waals surface area contributed by atoms with Gasteiger partial charge < -0.3 is 19.9 Å². The van der Waals surface area contributed by atoms with E-state index >= 15 is 0 Å². The predicted octanol–water partition coefficient (Wildman–Crippen LogP) is 6.92. The molecule has 4 aromatic rings. The molecule has 1 aromatic heterocycles. The van der Waals surface area contributed by atoms with Crippen LogP contribution in [0.25, 0.3) is 11.1 Å². The van der Waals surface area contributed by atoms with Crippen LogP contribution in [0, 0.1) is 17.1 Å². The monoisotopic (exact) mass is 571 g/mol. The number of ether oxygens (including phenoxy) is 2. The van der Waals surface area contributed by atoms with Crippen molar-refractivity contribution in [3.8, 4) is 28.7 Å². The largest absolute Gasteiger partial charge is 0.488 e. The van der Waals surface area contributed by atoms with Crippen LogP contribution in [0.5, 0.6) is 11.5 Å². The molecule has 0 saturated carbocycles. The molecular weight excluding hydrogens is 541 g/mol. The standard InChI is InChI=1S/C33H31ClFN3O3/c1-33(2,20-39)38-18-23-13-28(34)32(14-31(23)40-19-22-12-21(15-36)16-37-17-22)41-30-11-10-25-24(7-5-8-27(25)30)26-6-3-4-9-29(26)35/h3-9,12-14,16-17,30,38-39H,10-11,18-20H2,1-2H3/t30-/m1/s1. The number of benzene rings is 3. The van der Waals surface area contributed by atoms with E-state index in [9.17, 15) is 14.8 Å². The molecule has 0 unspecified atom stereocenters. The van der Waals surface area contributed by atoms with Crippen LogP contribution in [0.3, 0.4) is 0 Å². The number of hydrogen-bond acceptors (Lipinski definition) is 6. The third kappa shape index (κ3) is 6.52. The van der Waals surface area contributed by atoms with E-state index in [1.807, 2.05) is 44.2 Å². The van der Waals surface area contributed by atoms with E-state index in [1.165, 1.54) is 12.3 Å². The fraction of sp³-hybridized carbons (Fsp3) is 0.273. The molecule has 1 aliphatic rings. The highest BCUT2D eigenvalue weighted by Crippen LogP contribution is 2.43. The number of rotatable bonds is 10. The first-order chi connectivity index (χ1) is 19.8. The molecule has 210 valence electrons. The minimum absolute atomic E-state index is 0.0410. The molecule has 1 aliphatic carbocycles. The van der Waals surface area contributed by atoms with Crippen molar-refractivity contribution in [2.75, 3.05) is 6.61 Å². The second kappa shape index (κ2) is 12.3. The third-order valence-corrected chi connectivity index (χ3v) is 7.53. The second-order valence-corrected chi connectivity index (χ2v) is 11.2. The van der Waals surface area contributed by atoms with Gasteiger partial charge in [-0.1, -0.05) is 48.0 Å². The number of hydrogen-bond donors (Lipinski definition) is 2. The molecule has 0 radical (unpaired) electrons. The van der Waals surface area contributed by atoms with E-state index in [0.717, 1.165) is 40.7 Å². The molecule has 0 aliphatic heterocycles. The maximum absolute atomic E-state index is 14.6. The number of nitrogens with zero attached hydrogens (tertiary/aromatic N) is 2. The average Bonchev–Trinajstić information content (AvgIpc) is 3.40. The van der Waals surface area contributed by atoms with Crippen molar-refractivity contribution in [2.24, 2.45) is 0 Å². The highest BCUT2D eigenvalue weighted by Gasteiger charge is 2.28. The van der Waals surface area contributed by atoms with Crippen LogP contribution in [-0.4, -0.2) is 22.2 Å². The zero-order valence-corrected chi connectivity index (χ0v) is 23.7. The maximum atomic E-state index is 14.6. The lowest BCUT2D eigenvalue weighted by Gasteiger charge is -2.25. The number of aliphatic hydroxyl groups excluding tert-OH is 1. The first-order valence-corrected chi connectivity index (χ1v) is 13.8. The van der Waals surface area contributed by atoms with E-state index in [4.69, 9.17) is 21.1 Å². The first kappa shape index (κ1) is 28.6. The fourth-order valence-corrected chi connectivity index (χ4v) is 5.17. The Morgan fingerprint density at radius 3 is 2.68 bits per heavy atom. The lowest BCUT2D eigenvalue weighted by molar-refractivity contribution is 0.186. The average molecular weight is 572 g/mol. The summed E-state index contributed by atoms with van der Waals surface area (Å²) >= 11 is 6.74. The van der Waals surface area contributed by atoms with Crippen LogP contribution in [0.15, 0.2) is 73.1 Å². The van der Waals surface area contributed by atoms with E-state index in [0.29, 0.717) is 34.2 Å². The van der Waals surface area contributed by atoms with Crippen LogP contribution in [0.4, 0.5) is 4.39 Å². The number of halogens is 2. The molecule has 0 amide bonds. The Morgan fingerprint density at radius 2 is 1.90 bits per heavy atom. The van der Waals surface area contributed by atoms with E-state index in [-0.39, 0.29) is 25.1 Å². The van der Waals surface area contributed by atoms with Gasteiger partial charge in [-0.2, -0.15) is 5.26 Å². The molecule has 3 aromatic carbocycles. The Balaban J connectivity index is 1.43. The summed E-state index contributed by atoms with van der Waals surface area (Å²) in [4.78, 5) is 4.11. The van der Waals surface area contributed by atoms with E-state index < -0.39 is 5.54 Å². The molecule has 1 atom stereocenters. The van der Waals surface area contributed by atoms with Gasteiger partial charge in [0, 0.05) is 47.2 Å². The topological polar surface area (TPSA) is 87.4 Å². The van der Waals surface area contributed by atoms with Crippen molar-refractivity contribution in [3.63, 3.8) is 0 Å². The predicted molar refractivity (Wildman–Crippen MR) is 156 cm³/mol. The number of nitriles is 1. The number of nitrogens with one attached hydrogen (secondary N) is 1.